The third-order valence-electron chi connectivity index (χ3n) is 2.55. The molecule has 102 valence electrons. The summed E-state index contributed by atoms with van der Waals surface area (Å²) < 4.78 is 23.2. The smallest absolute Gasteiger partial charge is 0.258 e. The minimum absolute atomic E-state index is 0.00958. The minimum atomic E-state index is -0.861. The molecule has 0 aliphatic rings. The van der Waals surface area contributed by atoms with Crippen LogP contribution in [0.1, 0.15) is 12.7 Å². The highest BCUT2D eigenvalue weighted by molar-refractivity contribution is 6.31. The van der Waals surface area contributed by atoms with Gasteiger partial charge in [-0.2, -0.15) is 4.98 Å². The average Bonchev–Trinajstić information content (AvgIpc) is 2.83. The maximum atomic E-state index is 13.1. The second-order valence-corrected chi connectivity index (χ2v) is 4.81. The summed E-state index contributed by atoms with van der Waals surface area (Å²) in [6.07, 6.45) is 0. The normalized spacial score (nSPS) is 14.4. The van der Waals surface area contributed by atoms with Gasteiger partial charge in [0.1, 0.15) is 11.4 Å². The zero-order valence-corrected chi connectivity index (χ0v) is 11.2. The molecule has 1 unspecified atom stereocenters. The van der Waals surface area contributed by atoms with Gasteiger partial charge in [-0.05, 0) is 25.1 Å². The van der Waals surface area contributed by atoms with Gasteiger partial charge in [-0.15, -0.1) is 0 Å². The molecule has 0 amide bonds. The van der Waals surface area contributed by atoms with Gasteiger partial charge >= 0.3 is 0 Å². The topological polar surface area (TPSA) is 74.2 Å². The number of rotatable bonds is 4. The van der Waals surface area contributed by atoms with Crippen molar-refractivity contribution in [2.45, 2.75) is 12.5 Å². The van der Waals surface area contributed by atoms with Crippen molar-refractivity contribution >= 4 is 11.6 Å². The van der Waals surface area contributed by atoms with Gasteiger partial charge in [0.05, 0.1) is 11.6 Å². The van der Waals surface area contributed by atoms with E-state index >= 15 is 0 Å². The van der Waals surface area contributed by atoms with Crippen molar-refractivity contribution in [1.29, 1.82) is 0 Å². The Morgan fingerprint density at radius 2 is 2.26 bits per heavy atom. The van der Waals surface area contributed by atoms with Gasteiger partial charge in [0.2, 0.25) is 0 Å². The number of nitrogens with two attached hydrogens (primary N) is 1. The Labute approximate surface area is 114 Å². The lowest BCUT2D eigenvalue weighted by molar-refractivity contribution is 0.135. The predicted octanol–water partition coefficient (Wildman–Crippen LogP) is 2.35. The van der Waals surface area contributed by atoms with Crippen molar-refractivity contribution in [3.05, 3.63) is 34.9 Å². The number of nitrogens with zero attached hydrogens (tertiary/aromatic N) is 2. The molecule has 0 saturated carbocycles. The highest BCUT2D eigenvalue weighted by Crippen LogP contribution is 2.25. The molecular formula is C12H13ClFN3O2. The molecule has 1 heterocycles. The lowest BCUT2D eigenvalue weighted by Crippen LogP contribution is -2.38. The number of methoxy groups -OCH3 is 1. The van der Waals surface area contributed by atoms with Crippen LogP contribution in [-0.4, -0.2) is 23.9 Å². The summed E-state index contributed by atoms with van der Waals surface area (Å²) in [4.78, 5) is 4.18. The molecule has 1 atom stereocenters. The highest BCUT2D eigenvalue weighted by atomic mass is 35.5. The van der Waals surface area contributed by atoms with Crippen LogP contribution in [0, 0.1) is 5.82 Å². The Bertz CT molecular complexity index is 586. The molecule has 0 saturated heterocycles. The van der Waals surface area contributed by atoms with Crippen LogP contribution in [0.4, 0.5) is 4.39 Å². The summed E-state index contributed by atoms with van der Waals surface area (Å²) >= 11 is 5.70. The molecule has 19 heavy (non-hydrogen) atoms. The molecule has 0 spiro atoms. The maximum Gasteiger partial charge on any atom is 0.258 e. The zero-order chi connectivity index (χ0) is 14.0. The van der Waals surface area contributed by atoms with Crippen molar-refractivity contribution in [3.63, 3.8) is 0 Å². The van der Waals surface area contributed by atoms with Crippen LogP contribution in [0.5, 0.6) is 0 Å². The van der Waals surface area contributed by atoms with E-state index < -0.39 is 11.4 Å². The first-order valence-corrected chi connectivity index (χ1v) is 5.89. The molecule has 0 bridgehead atoms. The fourth-order valence-corrected chi connectivity index (χ4v) is 1.75. The van der Waals surface area contributed by atoms with E-state index in [9.17, 15) is 4.39 Å². The third kappa shape index (κ3) is 2.91. The van der Waals surface area contributed by atoms with Crippen molar-refractivity contribution in [1.82, 2.24) is 10.1 Å². The molecular weight excluding hydrogens is 273 g/mol. The molecule has 1 aromatic heterocycles. The zero-order valence-electron chi connectivity index (χ0n) is 10.5. The fourth-order valence-electron chi connectivity index (χ4n) is 1.57. The summed E-state index contributed by atoms with van der Waals surface area (Å²) in [5.74, 6) is 0.0303. The lowest BCUT2D eigenvalue weighted by Gasteiger charge is -2.18. The largest absolute Gasteiger partial charge is 0.382 e. The average molecular weight is 286 g/mol. The summed E-state index contributed by atoms with van der Waals surface area (Å²) in [6.45, 7) is 1.97. The van der Waals surface area contributed by atoms with Crippen molar-refractivity contribution < 1.29 is 13.7 Å². The molecule has 1 aromatic carbocycles. The van der Waals surface area contributed by atoms with Gasteiger partial charge in [0, 0.05) is 12.7 Å². The van der Waals surface area contributed by atoms with E-state index in [1.165, 1.54) is 25.3 Å². The molecule has 2 N–H and O–H groups in total. The molecule has 0 aliphatic heterocycles. The van der Waals surface area contributed by atoms with E-state index in [2.05, 4.69) is 10.1 Å². The summed E-state index contributed by atoms with van der Waals surface area (Å²) in [5.41, 5.74) is 5.66. The van der Waals surface area contributed by atoms with Crippen LogP contribution >= 0.6 is 11.6 Å². The molecule has 0 fully saturated rings. The Morgan fingerprint density at radius 1 is 1.53 bits per heavy atom. The lowest BCUT2D eigenvalue weighted by atomic mass is 10.1. The second kappa shape index (κ2) is 5.24. The van der Waals surface area contributed by atoms with Crippen molar-refractivity contribution in [2.75, 3.05) is 13.7 Å². The SMILES string of the molecule is COCC(C)(N)c1noc(-c2ccc(F)c(Cl)c2)n1. The first-order chi connectivity index (χ1) is 8.94. The number of ether oxygens (including phenoxy) is 1. The van der Waals surface area contributed by atoms with Crippen LogP contribution in [0.3, 0.4) is 0 Å². The Hall–Kier alpha value is -1.50. The van der Waals surface area contributed by atoms with Crippen molar-refractivity contribution in [3.8, 4) is 11.5 Å². The van der Waals surface area contributed by atoms with E-state index in [4.69, 9.17) is 26.6 Å². The van der Waals surface area contributed by atoms with Gasteiger partial charge in [-0.25, -0.2) is 4.39 Å². The second-order valence-electron chi connectivity index (χ2n) is 4.40. The molecule has 5 nitrogen and oxygen atoms in total. The van der Waals surface area contributed by atoms with E-state index in [-0.39, 0.29) is 17.5 Å². The van der Waals surface area contributed by atoms with Crippen LogP contribution in [0.15, 0.2) is 22.7 Å². The van der Waals surface area contributed by atoms with Gasteiger partial charge in [0.25, 0.3) is 5.89 Å². The van der Waals surface area contributed by atoms with Crippen LogP contribution in [0.2, 0.25) is 5.02 Å². The standard InChI is InChI=1S/C12H13ClFN3O2/c1-12(15,6-18-2)11-16-10(19-17-11)7-3-4-9(14)8(13)5-7/h3-5H,6,15H2,1-2H3. The molecule has 2 rings (SSSR count). The van der Waals surface area contributed by atoms with E-state index in [0.717, 1.165) is 0 Å². The molecule has 2 aromatic rings. The number of benzene rings is 1. The van der Waals surface area contributed by atoms with E-state index in [1.807, 2.05) is 0 Å². The minimum Gasteiger partial charge on any atom is -0.382 e. The van der Waals surface area contributed by atoms with Gasteiger partial charge in [-0.3, -0.25) is 0 Å². The van der Waals surface area contributed by atoms with Crippen LogP contribution in [-0.2, 0) is 10.3 Å². The summed E-state index contributed by atoms with van der Waals surface area (Å²) in [6, 6.07) is 4.15. The van der Waals surface area contributed by atoms with Crippen LogP contribution in [0.25, 0.3) is 11.5 Å². The number of aromatic nitrogens is 2. The Morgan fingerprint density at radius 3 is 2.89 bits per heavy atom. The quantitative estimate of drug-likeness (QED) is 0.933. The van der Waals surface area contributed by atoms with Gasteiger partial charge in [-0.1, -0.05) is 16.8 Å². The Balaban J connectivity index is 2.33. The maximum absolute atomic E-state index is 13.1. The van der Waals surface area contributed by atoms with Gasteiger partial charge < -0.3 is 15.0 Å². The molecule has 7 heteroatoms. The number of halogens is 2. The Kier molecular flexibility index (Phi) is 3.84. The summed E-state index contributed by atoms with van der Waals surface area (Å²) in [7, 11) is 1.53. The molecule has 0 radical (unpaired) electrons. The molecule has 0 aliphatic carbocycles. The third-order valence-corrected chi connectivity index (χ3v) is 2.84. The number of hydrogen-bond donors (Lipinski definition) is 1. The first kappa shape index (κ1) is 13.9. The summed E-state index contributed by atoms with van der Waals surface area (Å²) in [5, 5.41) is 3.80. The van der Waals surface area contributed by atoms with Crippen LogP contribution < -0.4 is 5.73 Å². The van der Waals surface area contributed by atoms with E-state index in [1.54, 1.807) is 6.92 Å². The predicted molar refractivity (Wildman–Crippen MR) is 68.1 cm³/mol. The van der Waals surface area contributed by atoms with E-state index in [0.29, 0.717) is 11.4 Å². The number of hydrogen-bond acceptors (Lipinski definition) is 5. The first-order valence-electron chi connectivity index (χ1n) is 5.51. The highest BCUT2D eigenvalue weighted by Gasteiger charge is 2.27. The van der Waals surface area contributed by atoms with Crippen molar-refractivity contribution in [2.24, 2.45) is 5.73 Å². The van der Waals surface area contributed by atoms with Gasteiger partial charge in [0.15, 0.2) is 5.82 Å². The monoisotopic (exact) mass is 285 g/mol. The fraction of sp³-hybridized carbons (Fsp3) is 0.333.